The second kappa shape index (κ2) is 7.19. The number of benzene rings is 2. The van der Waals surface area contributed by atoms with E-state index < -0.39 is 10.0 Å². The van der Waals surface area contributed by atoms with Crippen LogP contribution in [-0.2, 0) is 10.0 Å². The van der Waals surface area contributed by atoms with Crippen LogP contribution in [0.25, 0.3) is 0 Å². The van der Waals surface area contributed by atoms with Crippen LogP contribution >= 0.6 is 11.8 Å². The van der Waals surface area contributed by atoms with E-state index in [2.05, 4.69) is 4.72 Å². The molecular formula is C17H19NO3S2. The second-order valence-corrected chi connectivity index (χ2v) is 8.55. The minimum Gasteiger partial charge on any atom is -0.293 e. The lowest BCUT2D eigenvalue weighted by Gasteiger charge is -2.11. The molecule has 0 fully saturated rings. The topological polar surface area (TPSA) is 63.2 Å². The fourth-order valence-corrected chi connectivity index (χ4v) is 3.53. The predicted octanol–water partition coefficient (Wildman–Crippen LogP) is 3.73. The Morgan fingerprint density at radius 1 is 1.04 bits per heavy atom. The van der Waals surface area contributed by atoms with Crippen LogP contribution in [0.4, 0.5) is 5.69 Å². The fraction of sp³-hybridized carbons (Fsp3) is 0.235. The smallest absolute Gasteiger partial charge is 0.229 e. The van der Waals surface area contributed by atoms with Gasteiger partial charge in [-0.25, -0.2) is 8.42 Å². The average molecular weight is 349 g/mol. The second-order valence-electron chi connectivity index (χ2n) is 5.39. The molecular weight excluding hydrogens is 330 g/mol. The molecule has 4 nitrogen and oxygen atoms in total. The lowest BCUT2D eigenvalue weighted by atomic mass is 10.1. The SMILES string of the molecule is Cc1ccc(SC(C)C(=O)c2ccc(NS(C)(=O)=O)cc2)cc1. The summed E-state index contributed by atoms with van der Waals surface area (Å²) >= 11 is 1.51. The Morgan fingerprint density at radius 3 is 2.13 bits per heavy atom. The molecule has 1 N–H and O–H groups in total. The summed E-state index contributed by atoms with van der Waals surface area (Å²) in [6, 6.07) is 14.5. The maximum Gasteiger partial charge on any atom is 0.229 e. The summed E-state index contributed by atoms with van der Waals surface area (Å²) in [4.78, 5) is 13.5. The summed E-state index contributed by atoms with van der Waals surface area (Å²) in [5.74, 6) is 0.0153. The highest BCUT2D eigenvalue weighted by Crippen LogP contribution is 2.26. The van der Waals surface area contributed by atoms with E-state index in [1.807, 2.05) is 38.1 Å². The molecule has 122 valence electrons. The van der Waals surface area contributed by atoms with Crippen LogP contribution < -0.4 is 4.72 Å². The number of carbonyl (C=O) groups is 1. The zero-order chi connectivity index (χ0) is 17.0. The number of Topliss-reactive ketones (excluding diaryl/α,β-unsaturated/α-hetero) is 1. The van der Waals surface area contributed by atoms with Gasteiger partial charge in [0.25, 0.3) is 0 Å². The summed E-state index contributed by atoms with van der Waals surface area (Å²) in [6.45, 7) is 3.89. The van der Waals surface area contributed by atoms with Crippen LogP contribution in [0, 0.1) is 6.92 Å². The Hall–Kier alpha value is -1.79. The van der Waals surface area contributed by atoms with E-state index in [9.17, 15) is 13.2 Å². The normalized spacial score (nSPS) is 12.7. The molecule has 0 aliphatic rings. The van der Waals surface area contributed by atoms with Crippen molar-refractivity contribution >= 4 is 33.3 Å². The van der Waals surface area contributed by atoms with Crippen molar-refractivity contribution in [2.45, 2.75) is 24.0 Å². The average Bonchev–Trinajstić information content (AvgIpc) is 2.48. The molecule has 2 rings (SSSR count). The van der Waals surface area contributed by atoms with Gasteiger partial charge in [0, 0.05) is 16.1 Å². The number of hydrogen-bond donors (Lipinski definition) is 1. The minimum atomic E-state index is -3.31. The Kier molecular flexibility index (Phi) is 5.49. The number of hydrogen-bond acceptors (Lipinski definition) is 4. The van der Waals surface area contributed by atoms with Crippen molar-refractivity contribution in [3.63, 3.8) is 0 Å². The predicted molar refractivity (Wildman–Crippen MR) is 95.7 cm³/mol. The lowest BCUT2D eigenvalue weighted by Crippen LogP contribution is -2.14. The Balaban J connectivity index is 2.05. The summed E-state index contributed by atoms with van der Waals surface area (Å²) < 4.78 is 24.7. The molecule has 0 spiro atoms. The highest BCUT2D eigenvalue weighted by Gasteiger charge is 2.16. The molecule has 0 saturated carbocycles. The van der Waals surface area contributed by atoms with Gasteiger partial charge >= 0.3 is 0 Å². The quantitative estimate of drug-likeness (QED) is 0.637. The number of sulfonamides is 1. The highest BCUT2D eigenvalue weighted by atomic mass is 32.2. The standard InChI is InChI=1S/C17H19NO3S2/c1-12-4-10-16(11-5-12)22-13(2)17(19)14-6-8-15(9-7-14)18-23(3,20)21/h4-11,13,18H,1-3H3. The molecule has 0 aliphatic heterocycles. The number of aryl methyl sites for hydroxylation is 1. The van der Waals surface area contributed by atoms with E-state index in [0.717, 1.165) is 11.2 Å². The maximum atomic E-state index is 12.5. The molecule has 0 aliphatic carbocycles. The Labute approximate surface area is 141 Å². The number of nitrogens with one attached hydrogen (secondary N) is 1. The molecule has 2 aromatic carbocycles. The third kappa shape index (κ3) is 5.41. The Morgan fingerprint density at radius 2 is 1.61 bits per heavy atom. The van der Waals surface area contributed by atoms with Crippen LogP contribution in [-0.4, -0.2) is 25.7 Å². The first-order chi connectivity index (χ1) is 10.7. The largest absolute Gasteiger partial charge is 0.293 e. The first-order valence-corrected chi connectivity index (χ1v) is 9.87. The van der Waals surface area contributed by atoms with Crippen LogP contribution in [0.3, 0.4) is 0 Å². The number of carbonyl (C=O) groups excluding carboxylic acids is 1. The molecule has 6 heteroatoms. The van der Waals surface area contributed by atoms with E-state index in [4.69, 9.17) is 0 Å². The van der Waals surface area contributed by atoms with Gasteiger partial charge in [0.05, 0.1) is 11.5 Å². The van der Waals surface area contributed by atoms with Crippen LogP contribution in [0.1, 0.15) is 22.8 Å². The van der Waals surface area contributed by atoms with Crippen molar-refractivity contribution in [3.05, 3.63) is 59.7 Å². The van der Waals surface area contributed by atoms with Crippen molar-refractivity contribution in [2.75, 3.05) is 11.0 Å². The molecule has 0 saturated heterocycles. The van der Waals surface area contributed by atoms with Crippen LogP contribution in [0.5, 0.6) is 0 Å². The zero-order valence-corrected chi connectivity index (χ0v) is 14.9. The molecule has 1 unspecified atom stereocenters. The van der Waals surface area contributed by atoms with Crippen molar-refractivity contribution < 1.29 is 13.2 Å². The van der Waals surface area contributed by atoms with E-state index in [0.29, 0.717) is 11.3 Å². The van der Waals surface area contributed by atoms with Crippen molar-refractivity contribution in [3.8, 4) is 0 Å². The van der Waals surface area contributed by atoms with Gasteiger partial charge in [-0.2, -0.15) is 0 Å². The van der Waals surface area contributed by atoms with Crippen LogP contribution in [0.15, 0.2) is 53.4 Å². The molecule has 0 aromatic heterocycles. The van der Waals surface area contributed by atoms with Gasteiger partial charge in [-0.05, 0) is 50.2 Å². The van der Waals surface area contributed by atoms with Gasteiger partial charge in [0.2, 0.25) is 10.0 Å². The summed E-state index contributed by atoms with van der Waals surface area (Å²) in [5, 5.41) is -0.216. The number of ketones is 1. The van der Waals surface area contributed by atoms with Gasteiger partial charge in [-0.3, -0.25) is 9.52 Å². The summed E-state index contributed by atoms with van der Waals surface area (Å²) in [6.07, 6.45) is 1.09. The van der Waals surface area contributed by atoms with E-state index in [1.54, 1.807) is 24.3 Å². The molecule has 0 heterocycles. The number of rotatable bonds is 6. The molecule has 2 aromatic rings. The third-order valence-corrected chi connectivity index (χ3v) is 4.89. The van der Waals surface area contributed by atoms with E-state index in [1.165, 1.54) is 17.3 Å². The van der Waals surface area contributed by atoms with Gasteiger partial charge in [-0.15, -0.1) is 11.8 Å². The zero-order valence-electron chi connectivity index (χ0n) is 13.2. The number of anilines is 1. The first-order valence-electron chi connectivity index (χ1n) is 7.10. The molecule has 0 bridgehead atoms. The van der Waals surface area contributed by atoms with Gasteiger partial charge < -0.3 is 0 Å². The van der Waals surface area contributed by atoms with Crippen LogP contribution in [0.2, 0.25) is 0 Å². The van der Waals surface area contributed by atoms with Crippen molar-refractivity contribution in [1.82, 2.24) is 0 Å². The lowest BCUT2D eigenvalue weighted by molar-refractivity contribution is 0.0994. The van der Waals surface area contributed by atoms with E-state index in [-0.39, 0.29) is 11.0 Å². The maximum absolute atomic E-state index is 12.5. The van der Waals surface area contributed by atoms with Gasteiger partial charge in [-0.1, -0.05) is 17.7 Å². The monoisotopic (exact) mass is 349 g/mol. The van der Waals surface area contributed by atoms with Crippen molar-refractivity contribution in [1.29, 1.82) is 0 Å². The molecule has 0 amide bonds. The fourth-order valence-electron chi connectivity index (χ4n) is 2.03. The van der Waals surface area contributed by atoms with E-state index >= 15 is 0 Å². The van der Waals surface area contributed by atoms with Gasteiger partial charge in [0.1, 0.15) is 0 Å². The third-order valence-electron chi connectivity index (χ3n) is 3.18. The summed E-state index contributed by atoms with van der Waals surface area (Å²) in [5.41, 5.74) is 2.20. The highest BCUT2D eigenvalue weighted by molar-refractivity contribution is 8.00. The molecule has 23 heavy (non-hydrogen) atoms. The molecule has 0 radical (unpaired) electrons. The number of thioether (sulfide) groups is 1. The summed E-state index contributed by atoms with van der Waals surface area (Å²) in [7, 11) is -3.31. The Bertz CT molecular complexity index is 782. The van der Waals surface area contributed by atoms with Gasteiger partial charge in [0.15, 0.2) is 5.78 Å². The van der Waals surface area contributed by atoms with Crippen molar-refractivity contribution in [2.24, 2.45) is 0 Å². The minimum absolute atomic E-state index is 0.0153. The molecule has 1 atom stereocenters. The first kappa shape index (κ1) is 17.6.